The van der Waals surface area contributed by atoms with Crippen molar-refractivity contribution in [2.45, 2.75) is 0 Å². The first-order valence-electron chi connectivity index (χ1n) is 9.48. The van der Waals surface area contributed by atoms with Crippen molar-refractivity contribution in [1.29, 1.82) is 0 Å². The highest BCUT2D eigenvalue weighted by molar-refractivity contribution is 6.13. The Labute approximate surface area is 176 Å². The van der Waals surface area contributed by atoms with Crippen LogP contribution in [0, 0.1) is 5.82 Å². The Balaban J connectivity index is 1.49. The molecule has 0 aliphatic heterocycles. The predicted molar refractivity (Wildman–Crippen MR) is 114 cm³/mol. The van der Waals surface area contributed by atoms with Gasteiger partial charge < -0.3 is 5.32 Å². The van der Waals surface area contributed by atoms with E-state index in [1.165, 1.54) is 23.1 Å². The molecule has 2 heterocycles. The number of benzene rings is 3. The number of carbonyl (C=O) groups excluding carboxylic acids is 1. The molecule has 0 saturated heterocycles. The fraction of sp³-hybridized carbons (Fsp3) is 0. The van der Waals surface area contributed by atoms with E-state index in [1.807, 2.05) is 24.3 Å². The molecule has 0 atom stereocenters. The van der Waals surface area contributed by atoms with Gasteiger partial charge in [-0.1, -0.05) is 18.2 Å². The van der Waals surface area contributed by atoms with E-state index < -0.39 is 0 Å². The summed E-state index contributed by atoms with van der Waals surface area (Å²) >= 11 is 0. The van der Waals surface area contributed by atoms with Crippen LogP contribution in [-0.4, -0.2) is 31.1 Å². The third-order valence-electron chi connectivity index (χ3n) is 4.84. The number of hydrogen-bond acceptors (Lipinski definition) is 5. The third-order valence-corrected chi connectivity index (χ3v) is 4.84. The van der Waals surface area contributed by atoms with Gasteiger partial charge in [0.15, 0.2) is 0 Å². The molecule has 0 spiro atoms. The molecule has 5 rings (SSSR count). The number of anilines is 1. The first-order chi connectivity index (χ1) is 15.2. The molecule has 0 aliphatic carbocycles. The predicted octanol–water partition coefficient (Wildman–Crippen LogP) is 4.27. The van der Waals surface area contributed by atoms with Crippen LogP contribution >= 0.6 is 0 Å². The maximum atomic E-state index is 13.3. The molecule has 3 aromatic carbocycles. The molecule has 0 unspecified atom stereocenters. The minimum absolute atomic E-state index is 0.267. The van der Waals surface area contributed by atoms with Crippen LogP contribution in [0.1, 0.15) is 10.4 Å². The van der Waals surface area contributed by atoms with E-state index in [9.17, 15) is 9.18 Å². The Bertz CT molecular complexity index is 1370. The molecule has 31 heavy (non-hydrogen) atoms. The van der Waals surface area contributed by atoms with Gasteiger partial charge in [0.1, 0.15) is 12.1 Å². The summed E-state index contributed by atoms with van der Waals surface area (Å²) in [6.45, 7) is 0. The molecule has 150 valence electrons. The molecule has 1 N–H and O–H groups in total. The fourth-order valence-corrected chi connectivity index (χ4v) is 3.31. The Kier molecular flexibility index (Phi) is 4.64. The summed E-state index contributed by atoms with van der Waals surface area (Å²) in [5.74, 6) is -0.593. The second kappa shape index (κ2) is 7.75. The van der Waals surface area contributed by atoms with E-state index >= 15 is 0 Å². The number of fused-ring (bicyclic) bond motifs is 1. The van der Waals surface area contributed by atoms with E-state index in [0.717, 1.165) is 16.6 Å². The van der Waals surface area contributed by atoms with Gasteiger partial charge in [0.05, 0.1) is 22.5 Å². The second-order valence-corrected chi connectivity index (χ2v) is 6.83. The standard InChI is InChI=1S/C23H15FN6O/c24-16-7-5-15(6-8-16)22-13-20(19-3-1-2-4-21(19)27-22)23(31)26-17-9-11-18(12-10-17)30-14-25-28-29-30/h1-14H,(H,26,31). The molecule has 0 bridgehead atoms. The molecular formula is C23H15FN6O. The van der Waals surface area contributed by atoms with Gasteiger partial charge in [0.25, 0.3) is 5.91 Å². The molecule has 0 fully saturated rings. The number of hydrogen-bond donors (Lipinski definition) is 1. The van der Waals surface area contributed by atoms with E-state index in [0.29, 0.717) is 22.5 Å². The molecule has 0 radical (unpaired) electrons. The zero-order valence-corrected chi connectivity index (χ0v) is 16.1. The Hall–Kier alpha value is -4.46. The minimum atomic E-state index is -0.326. The van der Waals surface area contributed by atoms with E-state index in [2.05, 4.69) is 25.8 Å². The summed E-state index contributed by atoms with van der Waals surface area (Å²) in [4.78, 5) is 17.8. The molecule has 0 aliphatic rings. The number of nitrogens with one attached hydrogen (secondary N) is 1. The van der Waals surface area contributed by atoms with Crippen molar-refractivity contribution >= 4 is 22.5 Å². The number of carbonyl (C=O) groups is 1. The first-order valence-corrected chi connectivity index (χ1v) is 9.48. The van der Waals surface area contributed by atoms with Crippen molar-refractivity contribution in [1.82, 2.24) is 25.2 Å². The van der Waals surface area contributed by atoms with Gasteiger partial charge in [-0.3, -0.25) is 4.79 Å². The van der Waals surface area contributed by atoms with E-state index in [4.69, 9.17) is 0 Å². The highest BCUT2D eigenvalue weighted by Crippen LogP contribution is 2.26. The number of nitrogens with zero attached hydrogens (tertiary/aromatic N) is 5. The minimum Gasteiger partial charge on any atom is -0.322 e. The number of para-hydroxylation sites is 1. The number of rotatable bonds is 4. The average molecular weight is 410 g/mol. The second-order valence-electron chi connectivity index (χ2n) is 6.83. The van der Waals surface area contributed by atoms with Crippen LogP contribution in [0.25, 0.3) is 27.8 Å². The molecule has 1 amide bonds. The number of pyridine rings is 1. The lowest BCUT2D eigenvalue weighted by Crippen LogP contribution is -2.13. The van der Waals surface area contributed by atoms with Crippen molar-refractivity contribution in [3.05, 3.63) is 96.6 Å². The fourth-order valence-electron chi connectivity index (χ4n) is 3.31. The van der Waals surface area contributed by atoms with Gasteiger partial charge in [-0.05, 0) is 71.1 Å². The van der Waals surface area contributed by atoms with E-state index in [1.54, 1.807) is 42.5 Å². The highest BCUT2D eigenvalue weighted by Gasteiger charge is 2.14. The van der Waals surface area contributed by atoms with Crippen molar-refractivity contribution in [2.75, 3.05) is 5.32 Å². The zero-order valence-electron chi connectivity index (χ0n) is 16.1. The van der Waals surface area contributed by atoms with Crippen molar-refractivity contribution in [3.8, 4) is 16.9 Å². The number of aromatic nitrogens is 5. The van der Waals surface area contributed by atoms with Gasteiger partial charge in [-0.2, -0.15) is 0 Å². The topological polar surface area (TPSA) is 85.6 Å². The molecule has 8 heteroatoms. The summed E-state index contributed by atoms with van der Waals surface area (Å²) in [5, 5.41) is 14.7. The lowest BCUT2D eigenvalue weighted by Gasteiger charge is -2.11. The normalized spacial score (nSPS) is 10.9. The van der Waals surface area contributed by atoms with Crippen LogP contribution in [0.5, 0.6) is 0 Å². The summed E-state index contributed by atoms with van der Waals surface area (Å²) in [6, 6.07) is 22.4. The molecule has 2 aromatic heterocycles. The largest absolute Gasteiger partial charge is 0.322 e. The maximum absolute atomic E-state index is 13.3. The lowest BCUT2D eigenvalue weighted by atomic mass is 10.0. The smallest absolute Gasteiger partial charge is 0.256 e. The molecule has 0 saturated carbocycles. The summed E-state index contributed by atoms with van der Waals surface area (Å²) in [5.41, 5.74) is 3.89. The quantitative estimate of drug-likeness (QED) is 0.478. The van der Waals surface area contributed by atoms with Crippen LogP contribution in [0.3, 0.4) is 0 Å². The lowest BCUT2D eigenvalue weighted by molar-refractivity contribution is 0.102. The number of amides is 1. The first kappa shape index (κ1) is 18.6. The van der Waals surface area contributed by atoms with Gasteiger partial charge in [-0.25, -0.2) is 14.1 Å². The SMILES string of the molecule is O=C(Nc1ccc(-n2cnnn2)cc1)c1cc(-c2ccc(F)cc2)nc2ccccc12. The Morgan fingerprint density at radius 3 is 2.45 bits per heavy atom. The van der Waals surface area contributed by atoms with Crippen LogP contribution in [0.15, 0.2) is 85.2 Å². The maximum Gasteiger partial charge on any atom is 0.256 e. The summed E-state index contributed by atoms with van der Waals surface area (Å²) in [7, 11) is 0. The van der Waals surface area contributed by atoms with Gasteiger partial charge in [-0.15, -0.1) is 5.10 Å². The average Bonchev–Trinajstić information content (AvgIpc) is 3.34. The summed E-state index contributed by atoms with van der Waals surface area (Å²) < 4.78 is 14.9. The van der Waals surface area contributed by atoms with Gasteiger partial charge >= 0.3 is 0 Å². The van der Waals surface area contributed by atoms with Gasteiger partial charge in [0.2, 0.25) is 0 Å². The van der Waals surface area contributed by atoms with Crippen molar-refractivity contribution in [2.24, 2.45) is 0 Å². The third kappa shape index (κ3) is 3.74. The molecule has 5 aromatic rings. The highest BCUT2D eigenvalue weighted by atomic mass is 19.1. The van der Waals surface area contributed by atoms with Crippen LogP contribution in [0.4, 0.5) is 10.1 Å². The monoisotopic (exact) mass is 410 g/mol. The van der Waals surface area contributed by atoms with Gasteiger partial charge in [0, 0.05) is 16.6 Å². The molecular weight excluding hydrogens is 395 g/mol. The summed E-state index contributed by atoms with van der Waals surface area (Å²) in [6.07, 6.45) is 1.49. The van der Waals surface area contributed by atoms with Crippen LogP contribution < -0.4 is 5.32 Å². The van der Waals surface area contributed by atoms with Crippen LogP contribution in [0.2, 0.25) is 0 Å². The zero-order chi connectivity index (χ0) is 21.2. The number of tetrazole rings is 1. The van der Waals surface area contributed by atoms with E-state index in [-0.39, 0.29) is 11.7 Å². The Morgan fingerprint density at radius 2 is 1.71 bits per heavy atom. The van der Waals surface area contributed by atoms with Crippen molar-refractivity contribution in [3.63, 3.8) is 0 Å². The number of halogens is 1. The van der Waals surface area contributed by atoms with Crippen LogP contribution in [-0.2, 0) is 0 Å². The molecule has 7 nitrogen and oxygen atoms in total. The Morgan fingerprint density at radius 1 is 0.935 bits per heavy atom. The van der Waals surface area contributed by atoms with Crippen molar-refractivity contribution < 1.29 is 9.18 Å².